The fourth-order valence-electron chi connectivity index (χ4n) is 4.31. The van der Waals surface area contributed by atoms with E-state index in [0.717, 1.165) is 52.9 Å². The summed E-state index contributed by atoms with van der Waals surface area (Å²) in [5.74, 6) is 0.142. The van der Waals surface area contributed by atoms with Gasteiger partial charge in [-0.2, -0.15) is 0 Å². The summed E-state index contributed by atoms with van der Waals surface area (Å²) in [7, 11) is -3.70. The number of nitrogens with zero attached hydrogens (tertiary/aromatic N) is 1. The number of rotatable bonds is 3. The summed E-state index contributed by atoms with van der Waals surface area (Å²) in [6.45, 7) is 6.56. The van der Waals surface area contributed by atoms with Gasteiger partial charge in [0.1, 0.15) is 0 Å². The van der Waals surface area contributed by atoms with E-state index in [0.29, 0.717) is 18.5 Å². The largest absolute Gasteiger partial charge is 0.312 e. The third kappa shape index (κ3) is 3.12. The minimum Gasteiger partial charge on any atom is -0.312 e. The Morgan fingerprint density at radius 3 is 2.22 bits per heavy atom. The average molecular weight is 385 g/mol. The Morgan fingerprint density at radius 2 is 1.56 bits per heavy atom. The molecule has 0 spiro atoms. The molecule has 2 aromatic carbocycles. The topological polar surface area (TPSA) is 66.5 Å². The number of benzene rings is 2. The maximum Gasteiger partial charge on any atom is 0.261 e. The Labute approximate surface area is 160 Å². The van der Waals surface area contributed by atoms with E-state index in [1.165, 1.54) is 0 Å². The summed E-state index contributed by atoms with van der Waals surface area (Å²) in [6, 6.07) is 7.44. The first-order valence-corrected chi connectivity index (χ1v) is 10.8. The number of hydrogen-bond acceptors (Lipinski definition) is 3. The van der Waals surface area contributed by atoms with Crippen molar-refractivity contribution in [3.05, 3.63) is 52.1 Å². The van der Waals surface area contributed by atoms with Crippen LogP contribution in [-0.2, 0) is 27.7 Å². The number of nitrogens with one attached hydrogen (secondary N) is 1. The van der Waals surface area contributed by atoms with E-state index < -0.39 is 10.0 Å². The number of carbonyl (C=O) groups excluding carboxylic acids is 1. The monoisotopic (exact) mass is 384 g/mol. The van der Waals surface area contributed by atoms with E-state index in [-0.39, 0.29) is 10.8 Å². The smallest absolute Gasteiger partial charge is 0.261 e. The molecule has 2 aliphatic rings. The van der Waals surface area contributed by atoms with Crippen LogP contribution in [0.2, 0.25) is 0 Å². The molecule has 0 bridgehead atoms. The Morgan fingerprint density at radius 1 is 0.926 bits per heavy atom. The van der Waals surface area contributed by atoms with Crippen LogP contribution in [0.3, 0.4) is 0 Å². The molecule has 1 N–H and O–H groups in total. The number of sulfonamides is 1. The molecular formula is C21H24N2O3S. The molecule has 0 aliphatic carbocycles. The summed E-state index contributed by atoms with van der Waals surface area (Å²) in [6.07, 6.45) is 2.71. The maximum atomic E-state index is 13.1. The highest BCUT2D eigenvalue weighted by Gasteiger charge is 2.31. The van der Waals surface area contributed by atoms with Crippen LogP contribution in [0, 0.1) is 20.8 Å². The van der Waals surface area contributed by atoms with Crippen LogP contribution in [0.15, 0.2) is 29.2 Å². The van der Waals surface area contributed by atoms with Gasteiger partial charge in [0.15, 0.2) is 0 Å². The highest BCUT2D eigenvalue weighted by molar-refractivity contribution is 7.92. The quantitative estimate of drug-likeness (QED) is 0.879. The highest BCUT2D eigenvalue weighted by atomic mass is 32.2. The summed E-state index contributed by atoms with van der Waals surface area (Å²) in [5, 5.41) is 0. The van der Waals surface area contributed by atoms with Crippen LogP contribution in [-0.4, -0.2) is 20.9 Å². The fraction of sp³-hybridized carbons (Fsp3) is 0.381. The third-order valence-electron chi connectivity index (χ3n) is 5.47. The molecule has 0 aromatic heterocycles. The van der Waals surface area contributed by atoms with Crippen LogP contribution in [0.1, 0.15) is 40.7 Å². The first-order valence-electron chi connectivity index (χ1n) is 9.33. The second-order valence-electron chi connectivity index (χ2n) is 7.62. The predicted molar refractivity (Wildman–Crippen MR) is 107 cm³/mol. The lowest BCUT2D eigenvalue weighted by molar-refractivity contribution is -0.119. The van der Waals surface area contributed by atoms with Gasteiger partial charge in [0, 0.05) is 13.0 Å². The van der Waals surface area contributed by atoms with Crippen LogP contribution in [0.4, 0.5) is 11.4 Å². The molecule has 0 saturated heterocycles. The number of aryl methyl sites for hydroxylation is 5. The lowest BCUT2D eigenvalue weighted by atomic mass is 9.92. The molecule has 2 heterocycles. The van der Waals surface area contributed by atoms with Crippen LogP contribution in [0.5, 0.6) is 0 Å². The summed E-state index contributed by atoms with van der Waals surface area (Å²) < 4.78 is 29.0. The van der Waals surface area contributed by atoms with E-state index in [1.54, 1.807) is 12.1 Å². The molecule has 0 atom stereocenters. The second-order valence-corrected chi connectivity index (χ2v) is 9.30. The minimum atomic E-state index is -3.70. The number of hydrogen-bond donors (Lipinski definition) is 1. The van der Waals surface area contributed by atoms with E-state index in [1.807, 2.05) is 37.8 Å². The lowest BCUT2D eigenvalue weighted by Crippen LogP contribution is -2.39. The first kappa shape index (κ1) is 18.0. The molecule has 6 heteroatoms. The molecule has 27 heavy (non-hydrogen) atoms. The van der Waals surface area contributed by atoms with Gasteiger partial charge in [0.25, 0.3) is 10.0 Å². The molecule has 2 aliphatic heterocycles. The van der Waals surface area contributed by atoms with Gasteiger partial charge in [0.05, 0.1) is 16.3 Å². The Hall–Kier alpha value is -2.34. The van der Waals surface area contributed by atoms with E-state index in [2.05, 4.69) is 4.72 Å². The lowest BCUT2D eigenvalue weighted by Gasteiger charge is -2.35. The van der Waals surface area contributed by atoms with Gasteiger partial charge in [-0.25, -0.2) is 8.42 Å². The van der Waals surface area contributed by atoms with E-state index >= 15 is 0 Å². The zero-order valence-corrected chi connectivity index (χ0v) is 16.7. The molecule has 0 radical (unpaired) electrons. The Balaban J connectivity index is 1.77. The zero-order chi connectivity index (χ0) is 19.3. The molecule has 0 saturated carbocycles. The fourth-order valence-corrected chi connectivity index (χ4v) is 5.61. The van der Waals surface area contributed by atoms with E-state index in [4.69, 9.17) is 0 Å². The summed E-state index contributed by atoms with van der Waals surface area (Å²) in [5.41, 5.74) is 6.44. The van der Waals surface area contributed by atoms with Gasteiger partial charge in [-0.05, 0) is 74.4 Å². The molecule has 2 aromatic rings. The van der Waals surface area contributed by atoms with Gasteiger partial charge >= 0.3 is 0 Å². The molecule has 0 unspecified atom stereocenters. The Bertz CT molecular complexity index is 1020. The van der Waals surface area contributed by atoms with Crippen molar-refractivity contribution in [3.63, 3.8) is 0 Å². The molecule has 1 amide bonds. The second kappa shape index (κ2) is 6.37. The molecular weight excluding hydrogens is 360 g/mol. The van der Waals surface area contributed by atoms with Gasteiger partial charge in [-0.3, -0.25) is 9.52 Å². The molecule has 142 valence electrons. The number of amides is 1. The maximum absolute atomic E-state index is 13.1. The third-order valence-corrected chi connectivity index (χ3v) is 6.80. The van der Waals surface area contributed by atoms with Gasteiger partial charge in [-0.1, -0.05) is 17.7 Å². The average Bonchev–Trinajstić information content (AvgIpc) is 2.61. The summed E-state index contributed by atoms with van der Waals surface area (Å²) >= 11 is 0. The van der Waals surface area contributed by atoms with Crippen molar-refractivity contribution in [2.24, 2.45) is 0 Å². The SMILES string of the molecule is Cc1cc(C)c(NS(=O)(=O)c2cc3c4c(c2)CCC(=O)N4CCC3)c(C)c1. The van der Waals surface area contributed by atoms with Crippen molar-refractivity contribution >= 4 is 27.3 Å². The highest BCUT2D eigenvalue weighted by Crippen LogP contribution is 2.38. The van der Waals surface area contributed by atoms with Crippen LogP contribution in [0.25, 0.3) is 0 Å². The molecule has 5 nitrogen and oxygen atoms in total. The standard InChI is InChI=1S/C21H24N2O3S/c1-13-9-14(2)20(15(3)10-13)22-27(25,26)18-11-16-5-4-8-23-19(24)7-6-17(12-18)21(16)23/h9-12,22H,4-8H2,1-3H3. The number of carbonyl (C=O) groups is 1. The van der Waals surface area contributed by atoms with Crippen molar-refractivity contribution in [1.82, 2.24) is 0 Å². The zero-order valence-electron chi connectivity index (χ0n) is 15.9. The van der Waals surface area contributed by atoms with Crippen molar-refractivity contribution in [3.8, 4) is 0 Å². The van der Waals surface area contributed by atoms with Crippen LogP contribution < -0.4 is 9.62 Å². The minimum absolute atomic E-state index is 0.142. The van der Waals surface area contributed by atoms with Crippen molar-refractivity contribution in [1.29, 1.82) is 0 Å². The van der Waals surface area contributed by atoms with Gasteiger partial charge < -0.3 is 4.90 Å². The van der Waals surface area contributed by atoms with Crippen molar-refractivity contribution in [2.45, 2.75) is 51.3 Å². The van der Waals surface area contributed by atoms with Crippen molar-refractivity contribution in [2.75, 3.05) is 16.2 Å². The Kier molecular flexibility index (Phi) is 4.26. The van der Waals surface area contributed by atoms with E-state index in [9.17, 15) is 13.2 Å². The van der Waals surface area contributed by atoms with Gasteiger partial charge in [-0.15, -0.1) is 0 Å². The first-order chi connectivity index (χ1) is 12.8. The van der Waals surface area contributed by atoms with Crippen LogP contribution >= 0.6 is 0 Å². The number of anilines is 2. The normalized spacial score (nSPS) is 16.3. The van der Waals surface area contributed by atoms with Crippen molar-refractivity contribution < 1.29 is 13.2 Å². The predicted octanol–water partition coefficient (Wildman–Crippen LogP) is 3.64. The molecule has 0 fully saturated rings. The summed E-state index contributed by atoms with van der Waals surface area (Å²) in [4.78, 5) is 14.3. The molecule has 4 rings (SSSR count). The van der Waals surface area contributed by atoms with Gasteiger partial charge in [0.2, 0.25) is 5.91 Å².